The average Bonchev–Trinajstić information content (AvgIpc) is 3.26. The van der Waals surface area contributed by atoms with Gasteiger partial charge in [-0.1, -0.05) is 0 Å². The molecule has 0 saturated carbocycles. The molecule has 1 N–H and O–H groups in total. The largest absolute Gasteiger partial charge is 0.377 e. The maximum Gasteiger partial charge on any atom is 0.217 e. The van der Waals surface area contributed by atoms with Crippen LogP contribution in [0.5, 0.6) is 0 Å². The van der Waals surface area contributed by atoms with Gasteiger partial charge in [-0.3, -0.25) is 4.79 Å². The summed E-state index contributed by atoms with van der Waals surface area (Å²) < 4.78 is 45.7. The average molecular weight is 447 g/mol. The molecule has 3 rings (SSSR count). The number of amides is 1. The molecule has 1 unspecified atom stereocenters. The Kier molecular flexibility index (Phi) is 8.76. The molecule has 3 aliphatic heterocycles. The molecule has 0 aromatic heterocycles. The van der Waals surface area contributed by atoms with Gasteiger partial charge < -0.3 is 48.0 Å². The van der Waals surface area contributed by atoms with Crippen LogP contribution in [0.25, 0.3) is 0 Å². The second kappa shape index (κ2) is 11.1. The first-order chi connectivity index (χ1) is 14.9. The number of carbonyl (C=O) groups is 2. The smallest absolute Gasteiger partial charge is 0.217 e. The molecule has 0 aromatic carbocycles. The van der Waals surface area contributed by atoms with Crippen molar-refractivity contribution >= 4 is 12.2 Å². The lowest BCUT2D eigenvalue weighted by molar-refractivity contribution is -0.214. The van der Waals surface area contributed by atoms with Crippen LogP contribution in [0, 0.1) is 0 Å². The molecule has 5 atom stereocenters. The molecule has 11 heteroatoms. The predicted octanol–water partition coefficient (Wildman–Crippen LogP) is -0.598. The zero-order valence-corrected chi connectivity index (χ0v) is 18.3. The molecule has 31 heavy (non-hydrogen) atoms. The van der Waals surface area contributed by atoms with Crippen molar-refractivity contribution in [1.82, 2.24) is 5.32 Å². The molecule has 3 aliphatic rings. The summed E-state index contributed by atoms with van der Waals surface area (Å²) in [4.78, 5) is 21.7. The highest BCUT2D eigenvalue weighted by Gasteiger charge is 2.66. The van der Waals surface area contributed by atoms with E-state index < -0.39 is 35.9 Å². The third-order valence-electron chi connectivity index (χ3n) is 5.16. The Labute approximate surface area is 181 Å². The summed E-state index contributed by atoms with van der Waals surface area (Å²) in [6.45, 7) is 8.16. The van der Waals surface area contributed by atoms with Crippen molar-refractivity contribution in [1.29, 1.82) is 0 Å². The Morgan fingerprint density at radius 1 is 1.00 bits per heavy atom. The summed E-state index contributed by atoms with van der Waals surface area (Å²) >= 11 is 0. The predicted molar refractivity (Wildman–Crippen MR) is 104 cm³/mol. The second-order valence-electron chi connectivity index (χ2n) is 8.13. The first-order valence-corrected chi connectivity index (χ1v) is 10.5. The van der Waals surface area contributed by atoms with Gasteiger partial charge in [0.15, 0.2) is 12.1 Å². The van der Waals surface area contributed by atoms with E-state index in [4.69, 9.17) is 37.9 Å². The monoisotopic (exact) mass is 447 g/mol. The molecule has 0 aromatic rings. The fourth-order valence-corrected chi connectivity index (χ4v) is 3.94. The number of fused-ring (bicyclic) bond motifs is 4. The van der Waals surface area contributed by atoms with Gasteiger partial charge in [0.1, 0.15) is 36.7 Å². The van der Waals surface area contributed by atoms with E-state index in [1.807, 2.05) is 13.8 Å². The van der Waals surface area contributed by atoms with Gasteiger partial charge in [0.2, 0.25) is 5.91 Å². The Bertz CT molecular complexity index is 603. The van der Waals surface area contributed by atoms with Crippen molar-refractivity contribution in [2.45, 2.75) is 56.7 Å². The minimum absolute atomic E-state index is 0.0817. The molecule has 3 saturated heterocycles. The molecule has 1 amide bonds. The fourth-order valence-electron chi connectivity index (χ4n) is 3.94. The van der Waals surface area contributed by atoms with Gasteiger partial charge in [-0.2, -0.15) is 0 Å². The molecule has 11 nitrogen and oxygen atoms in total. The quantitative estimate of drug-likeness (QED) is 0.273. The van der Waals surface area contributed by atoms with Crippen molar-refractivity contribution in [2.75, 3.05) is 59.5 Å². The normalized spacial score (nSPS) is 33.3. The number of rotatable bonds is 14. The molecular weight excluding hydrogens is 414 g/mol. The summed E-state index contributed by atoms with van der Waals surface area (Å²) in [5, 5.41) is 2.86. The van der Waals surface area contributed by atoms with Crippen LogP contribution < -0.4 is 5.32 Å². The van der Waals surface area contributed by atoms with Crippen LogP contribution >= 0.6 is 0 Å². The number of ether oxygens (including phenoxy) is 8. The molecule has 3 heterocycles. The van der Waals surface area contributed by atoms with Crippen LogP contribution in [0.4, 0.5) is 0 Å². The maximum atomic E-state index is 11.6. The minimum Gasteiger partial charge on any atom is -0.377 e. The molecule has 2 bridgehead atoms. The van der Waals surface area contributed by atoms with Crippen LogP contribution in [-0.2, 0) is 47.5 Å². The number of carbonyl (C=O) groups excluding carboxylic acids is 2. The van der Waals surface area contributed by atoms with Crippen molar-refractivity contribution < 1.29 is 47.5 Å². The van der Waals surface area contributed by atoms with Gasteiger partial charge in [0.25, 0.3) is 0 Å². The van der Waals surface area contributed by atoms with Crippen LogP contribution in [0.15, 0.2) is 0 Å². The van der Waals surface area contributed by atoms with Crippen LogP contribution in [0.1, 0.15) is 20.8 Å². The van der Waals surface area contributed by atoms with Crippen molar-refractivity contribution in [3.8, 4) is 0 Å². The van der Waals surface area contributed by atoms with Crippen LogP contribution in [0.3, 0.4) is 0 Å². The molecule has 3 fully saturated rings. The SMILES string of the molecule is CC(=O)N[C@@H]1C2OC(C)(C)O[C@H]2[C@]2(COCCOCCOCCOCC=O)CO[C@H]1O2. The Morgan fingerprint density at radius 3 is 2.29 bits per heavy atom. The first kappa shape index (κ1) is 24.5. The Hall–Kier alpha value is -1.18. The zero-order chi connectivity index (χ0) is 22.3. The number of hydrogen-bond acceptors (Lipinski definition) is 10. The van der Waals surface area contributed by atoms with Crippen LogP contribution in [-0.4, -0.2) is 108 Å². The fraction of sp³-hybridized carbons (Fsp3) is 0.900. The van der Waals surface area contributed by atoms with Gasteiger partial charge in [-0.05, 0) is 13.8 Å². The topological polar surface area (TPSA) is 120 Å². The number of hydrogen-bond donors (Lipinski definition) is 1. The summed E-state index contributed by atoms with van der Waals surface area (Å²) in [7, 11) is 0. The number of aldehydes is 1. The molecule has 0 spiro atoms. The van der Waals surface area contributed by atoms with Gasteiger partial charge in [0.05, 0.1) is 52.9 Å². The molecule has 0 aliphatic carbocycles. The van der Waals surface area contributed by atoms with Gasteiger partial charge in [-0.25, -0.2) is 0 Å². The first-order valence-electron chi connectivity index (χ1n) is 10.5. The lowest BCUT2D eigenvalue weighted by atomic mass is 9.88. The van der Waals surface area contributed by atoms with E-state index in [0.717, 1.165) is 0 Å². The Morgan fingerprint density at radius 2 is 1.65 bits per heavy atom. The highest BCUT2D eigenvalue weighted by molar-refractivity contribution is 5.73. The minimum atomic E-state index is -0.803. The van der Waals surface area contributed by atoms with E-state index in [9.17, 15) is 9.59 Å². The van der Waals surface area contributed by atoms with E-state index in [1.54, 1.807) is 0 Å². The molecule has 178 valence electrons. The number of nitrogens with one attached hydrogen (secondary N) is 1. The highest BCUT2D eigenvalue weighted by Crippen LogP contribution is 2.46. The highest BCUT2D eigenvalue weighted by atomic mass is 16.8. The lowest BCUT2D eigenvalue weighted by Crippen LogP contribution is -2.65. The zero-order valence-electron chi connectivity index (χ0n) is 18.3. The van der Waals surface area contributed by atoms with Crippen LogP contribution in [0.2, 0.25) is 0 Å². The summed E-state index contributed by atoms with van der Waals surface area (Å²) in [5.74, 6) is -0.983. The van der Waals surface area contributed by atoms with Crippen molar-refractivity contribution in [3.05, 3.63) is 0 Å². The summed E-state index contributed by atoms with van der Waals surface area (Å²) in [6, 6.07) is -0.452. The Balaban J connectivity index is 1.38. The van der Waals surface area contributed by atoms with Crippen molar-refractivity contribution in [3.63, 3.8) is 0 Å². The van der Waals surface area contributed by atoms with E-state index in [-0.39, 0.29) is 25.7 Å². The lowest BCUT2D eigenvalue weighted by Gasteiger charge is -2.42. The summed E-state index contributed by atoms with van der Waals surface area (Å²) in [6.07, 6.45) is -0.746. The third-order valence-corrected chi connectivity index (χ3v) is 5.16. The molecular formula is C20H33NO10. The van der Waals surface area contributed by atoms with E-state index in [1.165, 1.54) is 6.92 Å². The van der Waals surface area contributed by atoms with Gasteiger partial charge >= 0.3 is 0 Å². The maximum absolute atomic E-state index is 11.6. The van der Waals surface area contributed by atoms with Crippen molar-refractivity contribution in [2.24, 2.45) is 0 Å². The third kappa shape index (κ3) is 6.42. The summed E-state index contributed by atoms with van der Waals surface area (Å²) in [5.41, 5.74) is -0.803. The molecule has 0 radical (unpaired) electrons. The van der Waals surface area contributed by atoms with E-state index >= 15 is 0 Å². The van der Waals surface area contributed by atoms with Gasteiger partial charge in [-0.15, -0.1) is 0 Å². The van der Waals surface area contributed by atoms with E-state index in [2.05, 4.69) is 5.32 Å². The second-order valence-corrected chi connectivity index (χ2v) is 8.13. The van der Waals surface area contributed by atoms with E-state index in [0.29, 0.717) is 45.9 Å². The standard InChI is InChI=1S/C20H33NO10/c1-14(23)21-15-16-17(30-19(2,3)29-16)20(13-28-18(15)31-20)12-27-11-10-26-9-8-25-7-6-24-5-4-22/h4,15-18H,5-13H2,1-3H3,(H,21,23)/t15-,16?,17-,18+,20+/m1/s1. The van der Waals surface area contributed by atoms with Gasteiger partial charge in [0, 0.05) is 6.92 Å².